The zero-order valence-electron chi connectivity index (χ0n) is 33.7. The summed E-state index contributed by atoms with van der Waals surface area (Å²) in [4.78, 5) is 0. The molecule has 0 saturated heterocycles. The largest absolute Gasteiger partial charge is 0.0931 e. The van der Waals surface area contributed by atoms with Crippen LogP contribution < -0.4 is 0 Å². The first-order chi connectivity index (χ1) is 25.7. The number of rotatable bonds is 10. The van der Waals surface area contributed by atoms with E-state index in [0.29, 0.717) is 17.4 Å². The highest BCUT2D eigenvalue weighted by Gasteiger charge is 2.47. The SMILES string of the molecule is CC(C)c1ccc(-c2cccc3c2C([Si](C)(C)C2C(CC4CCCCC4)=Cc4cccc(-c5ccc(C(C)C)cc5)c42)=C(CC2CCCCC2)C3)cc1. The minimum Gasteiger partial charge on any atom is -0.0656 e. The van der Waals surface area contributed by atoms with Gasteiger partial charge in [-0.1, -0.05) is 212 Å². The molecule has 0 aromatic heterocycles. The molecule has 276 valence electrons. The maximum atomic E-state index is 2.80. The van der Waals surface area contributed by atoms with Crippen LogP contribution >= 0.6 is 0 Å². The summed E-state index contributed by atoms with van der Waals surface area (Å²) in [6.45, 7) is 14.8. The summed E-state index contributed by atoms with van der Waals surface area (Å²) in [7, 11) is -2.21. The van der Waals surface area contributed by atoms with Crippen molar-refractivity contribution in [2.24, 2.45) is 11.8 Å². The Labute approximate surface area is 323 Å². The Morgan fingerprint density at radius 1 is 0.585 bits per heavy atom. The van der Waals surface area contributed by atoms with Crippen LogP contribution in [0.25, 0.3) is 33.5 Å². The average molecular weight is 717 g/mol. The molecule has 0 aliphatic heterocycles. The van der Waals surface area contributed by atoms with Crippen molar-refractivity contribution < 1.29 is 0 Å². The second-order valence-electron chi connectivity index (χ2n) is 18.6. The summed E-state index contributed by atoms with van der Waals surface area (Å²) >= 11 is 0. The summed E-state index contributed by atoms with van der Waals surface area (Å²) in [6.07, 6.45) is 20.5. The van der Waals surface area contributed by atoms with Crippen molar-refractivity contribution in [2.75, 3.05) is 0 Å². The molecule has 0 heterocycles. The number of hydrogen-bond donors (Lipinski definition) is 0. The third-order valence-corrected chi connectivity index (χ3v) is 17.9. The molecular weight excluding hydrogens is 653 g/mol. The summed E-state index contributed by atoms with van der Waals surface area (Å²) < 4.78 is 0. The first-order valence-electron chi connectivity index (χ1n) is 21.6. The van der Waals surface area contributed by atoms with Crippen LogP contribution in [0, 0.1) is 11.8 Å². The summed E-state index contributed by atoms with van der Waals surface area (Å²) in [5, 5.41) is 1.82. The van der Waals surface area contributed by atoms with Gasteiger partial charge in [0.05, 0.1) is 8.07 Å². The molecule has 4 aliphatic rings. The Balaban J connectivity index is 1.30. The van der Waals surface area contributed by atoms with E-state index in [9.17, 15) is 0 Å². The van der Waals surface area contributed by atoms with Crippen molar-refractivity contribution >= 4 is 19.3 Å². The zero-order valence-corrected chi connectivity index (χ0v) is 34.7. The lowest BCUT2D eigenvalue weighted by Crippen LogP contribution is -2.38. The molecule has 0 amide bonds. The van der Waals surface area contributed by atoms with E-state index in [1.807, 2.05) is 5.20 Å². The smallest absolute Gasteiger partial charge is 0.0656 e. The fraction of sp³-hybridized carbons (Fsp3) is 0.462. The van der Waals surface area contributed by atoms with Crippen molar-refractivity contribution in [3.8, 4) is 22.3 Å². The van der Waals surface area contributed by atoms with Gasteiger partial charge in [-0.25, -0.2) is 0 Å². The van der Waals surface area contributed by atoms with Crippen LogP contribution in [0.5, 0.6) is 0 Å². The highest BCUT2D eigenvalue weighted by atomic mass is 28.3. The number of hydrogen-bond acceptors (Lipinski definition) is 0. The molecule has 4 aliphatic carbocycles. The van der Waals surface area contributed by atoms with Gasteiger partial charge >= 0.3 is 0 Å². The Morgan fingerprint density at radius 3 is 1.70 bits per heavy atom. The van der Waals surface area contributed by atoms with Gasteiger partial charge in [-0.15, -0.1) is 0 Å². The molecule has 4 aromatic carbocycles. The fourth-order valence-corrected chi connectivity index (χ4v) is 15.7. The molecule has 1 heteroatoms. The van der Waals surface area contributed by atoms with Gasteiger partial charge in [-0.3, -0.25) is 0 Å². The van der Waals surface area contributed by atoms with Crippen LogP contribution in [-0.4, -0.2) is 8.07 Å². The van der Waals surface area contributed by atoms with Gasteiger partial charge in [0.1, 0.15) is 0 Å². The second-order valence-corrected chi connectivity index (χ2v) is 23.2. The molecule has 4 aromatic rings. The van der Waals surface area contributed by atoms with Gasteiger partial charge in [-0.05, 0) is 98.6 Å². The van der Waals surface area contributed by atoms with E-state index in [1.165, 1.54) is 116 Å². The van der Waals surface area contributed by atoms with E-state index >= 15 is 0 Å². The summed E-state index contributed by atoms with van der Waals surface area (Å²) in [5.41, 5.74) is 19.0. The molecule has 0 bridgehead atoms. The van der Waals surface area contributed by atoms with Crippen LogP contribution in [0.2, 0.25) is 13.1 Å². The molecular formula is C52H64Si. The minimum atomic E-state index is -2.21. The molecule has 8 rings (SSSR count). The van der Waals surface area contributed by atoms with Crippen LogP contribution in [0.1, 0.15) is 156 Å². The number of benzene rings is 4. The highest BCUT2D eigenvalue weighted by Crippen LogP contribution is 2.56. The third-order valence-electron chi connectivity index (χ3n) is 14.0. The van der Waals surface area contributed by atoms with Crippen LogP contribution in [0.3, 0.4) is 0 Å². The topological polar surface area (TPSA) is 0 Å². The summed E-state index contributed by atoms with van der Waals surface area (Å²) in [5.74, 6) is 2.75. The lowest BCUT2D eigenvalue weighted by molar-refractivity contribution is 0.354. The maximum Gasteiger partial charge on any atom is 0.0931 e. The quantitative estimate of drug-likeness (QED) is 0.143. The number of fused-ring (bicyclic) bond motifs is 2. The van der Waals surface area contributed by atoms with Crippen molar-refractivity contribution in [3.63, 3.8) is 0 Å². The zero-order chi connectivity index (χ0) is 36.7. The number of allylic oxidation sites excluding steroid dienone is 2. The van der Waals surface area contributed by atoms with Crippen molar-refractivity contribution in [3.05, 3.63) is 129 Å². The lowest BCUT2D eigenvalue weighted by Gasteiger charge is -2.39. The van der Waals surface area contributed by atoms with Gasteiger partial charge in [-0.2, -0.15) is 0 Å². The Kier molecular flexibility index (Phi) is 10.6. The molecule has 2 fully saturated rings. The van der Waals surface area contributed by atoms with E-state index in [1.54, 1.807) is 27.8 Å². The second kappa shape index (κ2) is 15.4. The van der Waals surface area contributed by atoms with E-state index in [-0.39, 0.29) is 0 Å². The lowest BCUT2D eigenvalue weighted by atomic mass is 9.84. The molecule has 1 atom stereocenters. The van der Waals surface area contributed by atoms with Crippen LogP contribution in [0.4, 0.5) is 0 Å². The van der Waals surface area contributed by atoms with Gasteiger partial charge in [0, 0.05) is 5.54 Å². The first kappa shape index (κ1) is 36.5. The Hall–Kier alpha value is -3.42. The van der Waals surface area contributed by atoms with E-state index in [4.69, 9.17) is 0 Å². The summed E-state index contributed by atoms with van der Waals surface area (Å²) in [6, 6.07) is 33.8. The first-order valence-corrected chi connectivity index (χ1v) is 24.7. The average Bonchev–Trinajstić information content (AvgIpc) is 3.74. The normalized spacial score (nSPS) is 19.6. The van der Waals surface area contributed by atoms with Crippen molar-refractivity contribution in [1.82, 2.24) is 0 Å². The van der Waals surface area contributed by atoms with E-state index in [0.717, 1.165) is 18.3 Å². The van der Waals surface area contributed by atoms with Crippen LogP contribution in [0.15, 0.2) is 96.1 Å². The Bertz CT molecular complexity index is 1970. The highest BCUT2D eigenvalue weighted by molar-refractivity contribution is 6.96. The van der Waals surface area contributed by atoms with Crippen molar-refractivity contribution in [1.29, 1.82) is 0 Å². The maximum absolute atomic E-state index is 2.80. The standard InChI is InChI=1S/C52H64Si/c1-35(2)39-23-27-41(28-24-39)47-21-13-19-43-33-45(31-37-15-9-7-10-16-37)51(49(43)47)53(5,6)52-46(32-38-17-11-8-12-18-38)34-44-20-14-22-48(50(44)52)42-29-25-40(26-30-42)36(3)4/h13-14,19-30,33,35-38,51H,7-12,15-18,31-32,34H2,1-6H3. The third kappa shape index (κ3) is 7.25. The van der Waals surface area contributed by atoms with E-state index < -0.39 is 8.07 Å². The Morgan fingerprint density at radius 2 is 1.11 bits per heavy atom. The molecule has 0 spiro atoms. The van der Waals surface area contributed by atoms with Gasteiger partial charge in [0.25, 0.3) is 0 Å². The van der Waals surface area contributed by atoms with Gasteiger partial charge in [0.2, 0.25) is 0 Å². The molecule has 2 saturated carbocycles. The molecule has 0 nitrogen and oxygen atoms in total. The monoisotopic (exact) mass is 716 g/mol. The van der Waals surface area contributed by atoms with Crippen molar-refractivity contribution in [2.45, 2.75) is 142 Å². The minimum absolute atomic E-state index is 0.485. The van der Waals surface area contributed by atoms with Gasteiger partial charge < -0.3 is 0 Å². The van der Waals surface area contributed by atoms with Crippen LogP contribution in [-0.2, 0) is 6.42 Å². The predicted molar refractivity (Wildman–Crippen MR) is 233 cm³/mol. The molecule has 1 unspecified atom stereocenters. The van der Waals surface area contributed by atoms with E-state index in [2.05, 4.69) is 132 Å². The predicted octanol–water partition coefficient (Wildman–Crippen LogP) is 15.5. The van der Waals surface area contributed by atoms with Gasteiger partial charge in [0.15, 0.2) is 0 Å². The fourth-order valence-electron chi connectivity index (χ4n) is 11.2. The molecule has 53 heavy (non-hydrogen) atoms. The molecule has 0 radical (unpaired) electrons. The molecule has 0 N–H and O–H groups in total.